The van der Waals surface area contributed by atoms with Crippen molar-refractivity contribution in [2.24, 2.45) is 5.92 Å². The number of hydrogen-bond donors (Lipinski definition) is 2. The summed E-state index contributed by atoms with van der Waals surface area (Å²) in [5.74, 6) is 1.41. The minimum atomic E-state index is -4.72. The fraction of sp³-hybridized carbons (Fsp3) is 0.259. The average Bonchev–Trinajstić information content (AvgIpc) is 3.38. The Bertz CT molecular complexity index is 1530. The summed E-state index contributed by atoms with van der Waals surface area (Å²) in [6.45, 7) is 0. The van der Waals surface area contributed by atoms with Crippen molar-refractivity contribution in [2.75, 3.05) is 24.3 Å². The highest BCUT2D eigenvalue weighted by atomic mass is 35.5. The van der Waals surface area contributed by atoms with Crippen molar-refractivity contribution in [3.63, 3.8) is 0 Å². The number of nitrogens with one attached hydrogen (secondary N) is 2. The van der Waals surface area contributed by atoms with Crippen LogP contribution in [0.4, 0.5) is 24.5 Å². The van der Waals surface area contributed by atoms with Crippen molar-refractivity contribution in [1.29, 1.82) is 0 Å². The molecule has 0 fully saturated rings. The van der Waals surface area contributed by atoms with Crippen LogP contribution < -0.4 is 19.5 Å². The zero-order chi connectivity index (χ0) is 27.2. The summed E-state index contributed by atoms with van der Waals surface area (Å²) in [4.78, 5) is -0.0574. The summed E-state index contributed by atoms with van der Waals surface area (Å²) in [5.41, 5.74) is 1.13. The van der Waals surface area contributed by atoms with E-state index in [1.807, 2.05) is 18.2 Å². The molecular formula is C27H24ClF3N2O4S. The van der Waals surface area contributed by atoms with E-state index in [0.29, 0.717) is 17.6 Å². The average molecular weight is 565 g/mol. The molecule has 0 aromatic heterocycles. The van der Waals surface area contributed by atoms with E-state index in [4.69, 9.17) is 21.1 Å². The van der Waals surface area contributed by atoms with Gasteiger partial charge in [-0.1, -0.05) is 23.8 Å². The van der Waals surface area contributed by atoms with Crippen LogP contribution in [-0.4, -0.2) is 22.6 Å². The van der Waals surface area contributed by atoms with Crippen LogP contribution in [-0.2, 0) is 16.2 Å². The molecule has 1 aliphatic heterocycles. The van der Waals surface area contributed by atoms with E-state index >= 15 is 0 Å². The maximum Gasteiger partial charge on any atom is 0.417 e. The lowest BCUT2D eigenvalue weighted by Crippen LogP contribution is -2.29. The summed E-state index contributed by atoms with van der Waals surface area (Å²) in [6, 6.07) is 13.0. The highest BCUT2D eigenvalue weighted by Gasteiger charge is 2.40. The molecule has 3 aromatic rings. The predicted octanol–water partition coefficient (Wildman–Crippen LogP) is 7.00. The van der Waals surface area contributed by atoms with E-state index in [9.17, 15) is 21.6 Å². The Morgan fingerprint density at radius 3 is 2.50 bits per heavy atom. The van der Waals surface area contributed by atoms with Crippen molar-refractivity contribution in [3.05, 3.63) is 88.5 Å². The number of benzene rings is 3. The highest BCUT2D eigenvalue weighted by Crippen LogP contribution is 2.52. The molecule has 6 nitrogen and oxygen atoms in total. The fourth-order valence-electron chi connectivity index (χ4n) is 5.15. The van der Waals surface area contributed by atoms with Crippen LogP contribution in [0.25, 0.3) is 0 Å². The Kier molecular flexibility index (Phi) is 6.73. The number of ether oxygens (including phenoxy) is 2. The Labute approximate surface area is 223 Å². The standard InChI is InChI=1S/C27H24ClF3N2O4S/c1-36-16-7-11-25(37-2)21(13-16)26-19-5-3-4-18(19)20-14-17(8-10-24(20)32-26)38(34,35)33-15-6-9-23(28)22(12-15)27(29,30)31/h3-4,6-14,18-19,26,32-33H,5H2,1-2H3/t18-,19+,26-/m0/s1. The van der Waals surface area contributed by atoms with E-state index in [-0.39, 0.29) is 28.5 Å². The van der Waals surface area contributed by atoms with Gasteiger partial charge in [-0.05, 0) is 72.5 Å². The van der Waals surface area contributed by atoms with Crippen LogP contribution in [0.3, 0.4) is 0 Å². The summed E-state index contributed by atoms with van der Waals surface area (Å²) in [5, 5.41) is 3.03. The molecule has 2 N–H and O–H groups in total. The molecule has 11 heteroatoms. The lowest BCUT2D eigenvalue weighted by molar-refractivity contribution is -0.137. The van der Waals surface area contributed by atoms with Gasteiger partial charge in [-0.25, -0.2) is 8.42 Å². The summed E-state index contributed by atoms with van der Waals surface area (Å²) < 4.78 is 79.4. The molecule has 0 bridgehead atoms. The van der Waals surface area contributed by atoms with Gasteiger partial charge in [-0.2, -0.15) is 13.2 Å². The van der Waals surface area contributed by atoms with Crippen molar-refractivity contribution in [2.45, 2.75) is 29.5 Å². The topological polar surface area (TPSA) is 76.7 Å². The lowest BCUT2D eigenvalue weighted by Gasteiger charge is -2.38. The molecule has 5 rings (SSSR count). The number of allylic oxidation sites excluding steroid dienone is 2. The maximum absolute atomic E-state index is 13.3. The second kappa shape index (κ2) is 9.74. The number of methoxy groups -OCH3 is 2. The molecule has 200 valence electrons. The molecule has 2 aliphatic rings. The van der Waals surface area contributed by atoms with Crippen molar-refractivity contribution in [1.82, 2.24) is 0 Å². The van der Waals surface area contributed by atoms with Gasteiger partial charge in [0.1, 0.15) is 11.5 Å². The third-order valence-corrected chi connectivity index (χ3v) is 8.65. The minimum absolute atomic E-state index is 0.0574. The zero-order valence-corrected chi connectivity index (χ0v) is 21.9. The normalized spacial score (nSPS) is 20.3. The van der Waals surface area contributed by atoms with Crippen molar-refractivity contribution >= 4 is 33.0 Å². The van der Waals surface area contributed by atoms with Gasteiger partial charge >= 0.3 is 6.18 Å². The smallest absolute Gasteiger partial charge is 0.417 e. The first-order valence-corrected chi connectivity index (χ1v) is 13.6. The Hall–Kier alpha value is -3.37. The molecule has 0 amide bonds. The van der Waals surface area contributed by atoms with Crippen LogP contribution >= 0.6 is 11.6 Å². The zero-order valence-electron chi connectivity index (χ0n) is 20.3. The molecule has 0 unspecified atom stereocenters. The van der Waals surface area contributed by atoms with Gasteiger partial charge < -0.3 is 14.8 Å². The van der Waals surface area contributed by atoms with Gasteiger partial charge in [0.25, 0.3) is 10.0 Å². The molecule has 1 heterocycles. The monoisotopic (exact) mass is 564 g/mol. The largest absolute Gasteiger partial charge is 0.497 e. The summed E-state index contributed by atoms with van der Waals surface area (Å²) in [6.07, 6.45) is 0.171. The molecule has 1 aliphatic carbocycles. The van der Waals surface area contributed by atoms with Gasteiger partial charge in [0.05, 0.1) is 35.7 Å². The fourth-order valence-corrected chi connectivity index (χ4v) is 6.46. The van der Waals surface area contributed by atoms with E-state index in [0.717, 1.165) is 29.3 Å². The van der Waals surface area contributed by atoms with E-state index in [1.54, 1.807) is 26.4 Å². The van der Waals surface area contributed by atoms with E-state index in [2.05, 4.69) is 22.2 Å². The highest BCUT2D eigenvalue weighted by molar-refractivity contribution is 7.92. The molecule has 0 saturated carbocycles. The molecule has 3 atom stereocenters. The molecule has 0 spiro atoms. The Morgan fingerprint density at radius 1 is 1.00 bits per heavy atom. The number of anilines is 2. The van der Waals surface area contributed by atoms with Crippen LogP contribution in [0.2, 0.25) is 5.02 Å². The van der Waals surface area contributed by atoms with Crippen molar-refractivity contribution < 1.29 is 31.1 Å². The first-order valence-electron chi connectivity index (χ1n) is 11.7. The number of halogens is 4. The van der Waals surface area contributed by atoms with Gasteiger partial charge in [0.15, 0.2) is 0 Å². The molecule has 0 radical (unpaired) electrons. The molecule has 38 heavy (non-hydrogen) atoms. The van der Waals surface area contributed by atoms with Crippen LogP contribution in [0.5, 0.6) is 11.5 Å². The van der Waals surface area contributed by atoms with E-state index in [1.165, 1.54) is 12.1 Å². The third kappa shape index (κ3) is 4.78. The van der Waals surface area contributed by atoms with Crippen LogP contribution in [0, 0.1) is 5.92 Å². The van der Waals surface area contributed by atoms with Gasteiger partial charge in [0, 0.05) is 22.9 Å². The van der Waals surface area contributed by atoms with Gasteiger partial charge in [-0.3, -0.25) is 4.72 Å². The first-order chi connectivity index (χ1) is 18.0. The van der Waals surface area contributed by atoms with Crippen molar-refractivity contribution in [3.8, 4) is 11.5 Å². The molecule has 0 saturated heterocycles. The molecule has 3 aromatic carbocycles. The lowest BCUT2D eigenvalue weighted by atomic mass is 9.77. The Morgan fingerprint density at radius 2 is 1.79 bits per heavy atom. The maximum atomic E-state index is 13.3. The van der Waals surface area contributed by atoms with Gasteiger partial charge in [-0.15, -0.1) is 0 Å². The predicted molar refractivity (Wildman–Crippen MR) is 140 cm³/mol. The van der Waals surface area contributed by atoms with Gasteiger partial charge in [0.2, 0.25) is 0 Å². The number of hydrogen-bond acceptors (Lipinski definition) is 5. The number of fused-ring (bicyclic) bond motifs is 3. The molecular weight excluding hydrogens is 541 g/mol. The van der Waals surface area contributed by atoms with E-state index < -0.39 is 26.8 Å². The summed E-state index contributed by atoms with van der Waals surface area (Å²) in [7, 11) is -0.982. The first kappa shape index (κ1) is 26.2. The number of alkyl halides is 3. The quantitative estimate of drug-likeness (QED) is 0.315. The summed E-state index contributed by atoms with van der Waals surface area (Å²) >= 11 is 5.67. The SMILES string of the molecule is COc1ccc(OC)c([C@H]2Nc3ccc(S(=O)(=O)Nc4ccc(Cl)c(C(F)(F)F)c4)cc3[C@H]3C=CC[C@H]32)c1. The number of sulfonamides is 1. The van der Waals surface area contributed by atoms with Crippen LogP contribution in [0.1, 0.15) is 35.1 Å². The third-order valence-electron chi connectivity index (χ3n) is 6.94. The minimum Gasteiger partial charge on any atom is -0.497 e. The second-order valence-electron chi connectivity index (χ2n) is 9.13. The number of rotatable bonds is 6. The van der Waals surface area contributed by atoms with Crippen LogP contribution in [0.15, 0.2) is 71.6 Å². The Balaban J connectivity index is 1.49. The second-order valence-corrected chi connectivity index (χ2v) is 11.2.